The third-order valence-corrected chi connectivity index (χ3v) is 4.51. The first-order valence-corrected chi connectivity index (χ1v) is 6.71. The van der Waals surface area contributed by atoms with Crippen LogP contribution in [0.1, 0.15) is 30.0 Å². The van der Waals surface area contributed by atoms with Gasteiger partial charge in [0, 0.05) is 11.3 Å². The van der Waals surface area contributed by atoms with E-state index < -0.39 is 0 Å². The van der Waals surface area contributed by atoms with E-state index in [1.165, 1.54) is 29.7 Å². The van der Waals surface area contributed by atoms with Crippen molar-refractivity contribution in [1.29, 1.82) is 0 Å². The molecule has 1 aliphatic rings. The van der Waals surface area contributed by atoms with Crippen LogP contribution in [0.2, 0.25) is 0 Å². The lowest BCUT2D eigenvalue weighted by Gasteiger charge is -2.23. The molecule has 2 heteroatoms. The van der Waals surface area contributed by atoms with Gasteiger partial charge in [-0.25, -0.2) is 0 Å². The van der Waals surface area contributed by atoms with Crippen LogP contribution in [-0.2, 0) is 0 Å². The summed E-state index contributed by atoms with van der Waals surface area (Å²) >= 11 is 2.11. The molecule has 0 saturated carbocycles. The minimum atomic E-state index is 0.525. The molecule has 0 bridgehead atoms. The van der Waals surface area contributed by atoms with E-state index in [0.29, 0.717) is 6.04 Å². The van der Waals surface area contributed by atoms with Gasteiger partial charge in [-0.15, -0.1) is 0 Å². The maximum Gasteiger partial charge on any atom is 0.0438 e. The first-order chi connectivity index (χ1) is 7.31. The molecule has 1 N–H and O–H groups in total. The zero-order valence-electron chi connectivity index (χ0n) is 9.49. The smallest absolute Gasteiger partial charge is 0.0438 e. The van der Waals surface area contributed by atoms with Crippen LogP contribution < -0.4 is 5.32 Å². The lowest BCUT2D eigenvalue weighted by Crippen LogP contribution is -2.25. The van der Waals surface area contributed by atoms with Crippen LogP contribution in [0.25, 0.3) is 0 Å². The van der Waals surface area contributed by atoms with Gasteiger partial charge in [-0.3, -0.25) is 0 Å². The lowest BCUT2D eigenvalue weighted by atomic mass is 9.99. The van der Waals surface area contributed by atoms with Crippen LogP contribution in [0.4, 0.5) is 0 Å². The van der Waals surface area contributed by atoms with E-state index in [1.54, 1.807) is 0 Å². The van der Waals surface area contributed by atoms with Gasteiger partial charge in [-0.1, -0.05) is 29.8 Å². The average molecular weight is 221 g/mol. The first kappa shape index (κ1) is 11.0. The quantitative estimate of drug-likeness (QED) is 0.841. The summed E-state index contributed by atoms with van der Waals surface area (Å²) < 4.78 is 0. The van der Waals surface area contributed by atoms with E-state index in [-0.39, 0.29) is 0 Å². The SMILES string of the molecule is CNC(c1cccc(C)c1)C1CCCS1. The molecule has 1 aromatic carbocycles. The highest BCUT2D eigenvalue weighted by atomic mass is 32.2. The van der Waals surface area contributed by atoms with Crippen LogP contribution in [0.5, 0.6) is 0 Å². The number of nitrogens with one attached hydrogen (secondary N) is 1. The van der Waals surface area contributed by atoms with Crippen LogP contribution in [0, 0.1) is 6.92 Å². The standard InChI is InChI=1S/C13H19NS/c1-10-5-3-6-11(9-10)13(14-2)12-7-4-8-15-12/h3,5-6,9,12-14H,4,7-8H2,1-2H3. The van der Waals surface area contributed by atoms with Crippen molar-refractivity contribution in [2.24, 2.45) is 0 Å². The molecule has 0 aliphatic carbocycles. The Morgan fingerprint density at radius 3 is 2.93 bits per heavy atom. The minimum Gasteiger partial charge on any atom is -0.312 e. The number of thioether (sulfide) groups is 1. The van der Waals surface area contributed by atoms with Crippen molar-refractivity contribution >= 4 is 11.8 Å². The van der Waals surface area contributed by atoms with Gasteiger partial charge in [0.2, 0.25) is 0 Å². The summed E-state index contributed by atoms with van der Waals surface area (Å²) in [6.45, 7) is 2.16. The predicted octanol–water partition coefficient (Wildman–Crippen LogP) is 3.15. The highest BCUT2D eigenvalue weighted by molar-refractivity contribution is 8.00. The molecule has 1 nitrogen and oxygen atoms in total. The van der Waals surface area contributed by atoms with Crippen molar-refractivity contribution in [2.45, 2.75) is 31.1 Å². The molecular formula is C13H19NS. The molecule has 2 unspecified atom stereocenters. The summed E-state index contributed by atoms with van der Waals surface area (Å²) in [5.41, 5.74) is 2.80. The molecular weight excluding hydrogens is 202 g/mol. The largest absolute Gasteiger partial charge is 0.312 e. The number of hydrogen-bond donors (Lipinski definition) is 1. The number of hydrogen-bond acceptors (Lipinski definition) is 2. The Bertz CT molecular complexity index is 318. The van der Waals surface area contributed by atoms with Crippen molar-refractivity contribution in [1.82, 2.24) is 5.32 Å². The fourth-order valence-corrected chi connectivity index (χ4v) is 3.75. The normalized spacial score (nSPS) is 22.9. The minimum absolute atomic E-state index is 0.525. The summed E-state index contributed by atoms with van der Waals surface area (Å²) in [6, 6.07) is 9.40. The summed E-state index contributed by atoms with van der Waals surface area (Å²) in [5, 5.41) is 4.23. The molecule has 0 spiro atoms. The van der Waals surface area contributed by atoms with Gasteiger partial charge in [-0.05, 0) is 38.1 Å². The first-order valence-electron chi connectivity index (χ1n) is 5.66. The van der Waals surface area contributed by atoms with Crippen LogP contribution in [0.15, 0.2) is 24.3 Å². The van der Waals surface area contributed by atoms with Gasteiger partial charge in [0.1, 0.15) is 0 Å². The van der Waals surface area contributed by atoms with Gasteiger partial charge in [0.25, 0.3) is 0 Å². The zero-order valence-corrected chi connectivity index (χ0v) is 10.3. The van der Waals surface area contributed by atoms with Crippen molar-refractivity contribution in [2.75, 3.05) is 12.8 Å². The summed E-state index contributed by atoms with van der Waals surface area (Å²) in [4.78, 5) is 0. The van der Waals surface area contributed by atoms with E-state index in [2.05, 4.69) is 55.3 Å². The Hall–Kier alpha value is -0.470. The highest BCUT2D eigenvalue weighted by Crippen LogP contribution is 2.35. The van der Waals surface area contributed by atoms with Crippen molar-refractivity contribution in [3.05, 3.63) is 35.4 Å². The van der Waals surface area contributed by atoms with E-state index >= 15 is 0 Å². The third-order valence-electron chi connectivity index (χ3n) is 3.05. The molecule has 0 aromatic heterocycles. The molecule has 1 heterocycles. The number of rotatable bonds is 3. The maximum absolute atomic E-state index is 3.47. The third kappa shape index (κ3) is 2.56. The number of benzene rings is 1. The van der Waals surface area contributed by atoms with Gasteiger partial charge in [-0.2, -0.15) is 11.8 Å². The van der Waals surface area contributed by atoms with Crippen LogP contribution >= 0.6 is 11.8 Å². The highest BCUT2D eigenvalue weighted by Gasteiger charge is 2.25. The summed E-state index contributed by atoms with van der Waals surface area (Å²) in [6.07, 6.45) is 2.73. The summed E-state index contributed by atoms with van der Waals surface area (Å²) in [7, 11) is 2.08. The molecule has 2 atom stereocenters. The van der Waals surface area contributed by atoms with E-state index in [0.717, 1.165) is 5.25 Å². The molecule has 1 saturated heterocycles. The topological polar surface area (TPSA) is 12.0 Å². The molecule has 1 aromatic rings. The monoisotopic (exact) mass is 221 g/mol. The van der Waals surface area contributed by atoms with Gasteiger partial charge >= 0.3 is 0 Å². The second kappa shape index (κ2) is 5.04. The van der Waals surface area contributed by atoms with Crippen molar-refractivity contribution in [3.8, 4) is 0 Å². The summed E-state index contributed by atoms with van der Waals surface area (Å²) in [5.74, 6) is 1.33. The van der Waals surface area contributed by atoms with Crippen LogP contribution in [0.3, 0.4) is 0 Å². The van der Waals surface area contributed by atoms with Crippen LogP contribution in [-0.4, -0.2) is 18.1 Å². The van der Waals surface area contributed by atoms with Gasteiger partial charge < -0.3 is 5.32 Å². The second-order valence-corrected chi connectivity index (χ2v) is 5.58. The molecule has 0 amide bonds. The Kier molecular flexibility index (Phi) is 3.71. The molecule has 15 heavy (non-hydrogen) atoms. The van der Waals surface area contributed by atoms with E-state index in [4.69, 9.17) is 0 Å². The Morgan fingerprint density at radius 2 is 2.33 bits per heavy atom. The fourth-order valence-electron chi connectivity index (χ4n) is 2.30. The molecule has 1 fully saturated rings. The van der Waals surface area contributed by atoms with Crippen molar-refractivity contribution in [3.63, 3.8) is 0 Å². The second-order valence-electron chi connectivity index (χ2n) is 4.23. The molecule has 2 rings (SSSR count). The molecule has 1 aliphatic heterocycles. The lowest BCUT2D eigenvalue weighted by molar-refractivity contribution is 0.552. The Balaban J connectivity index is 2.18. The van der Waals surface area contributed by atoms with E-state index in [9.17, 15) is 0 Å². The fraction of sp³-hybridized carbons (Fsp3) is 0.538. The van der Waals surface area contributed by atoms with Gasteiger partial charge in [0.15, 0.2) is 0 Å². The van der Waals surface area contributed by atoms with Crippen molar-refractivity contribution < 1.29 is 0 Å². The molecule has 0 radical (unpaired) electrons. The predicted molar refractivity (Wildman–Crippen MR) is 68.5 cm³/mol. The Morgan fingerprint density at radius 1 is 1.47 bits per heavy atom. The number of aryl methyl sites for hydroxylation is 1. The molecule has 82 valence electrons. The average Bonchev–Trinajstić information content (AvgIpc) is 2.72. The Labute approximate surface area is 96.7 Å². The maximum atomic E-state index is 3.47. The van der Waals surface area contributed by atoms with Gasteiger partial charge in [0.05, 0.1) is 0 Å². The van der Waals surface area contributed by atoms with E-state index in [1.807, 2.05) is 0 Å². The zero-order chi connectivity index (χ0) is 10.7.